The van der Waals surface area contributed by atoms with Crippen molar-refractivity contribution in [3.63, 3.8) is 0 Å². The van der Waals surface area contributed by atoms with E-state index >= 15 is 0 Å². The van der Waals surface area contributed by atoms with E-state index in [1.807, 2.05) is 6.07 Å². The number of Topliss-reactive ketones (excluding diaryl/α,β-unsaturated/α-hetero) is 1. The Bertz CT molecular complexity index is 658. The molecule has 0 saturated heterocycles. The second-order valence-corrected chi connectivity index (χ2v) is 4.84. The molecule has 2 aromatic rings. The van der Waals surface area contributed by atoms with Gasteiger partial charge in [0.1, 0.15) is 17.9 Å². The lowest BCUT2D eigenvalue weighted by molar-refractivity contribution is -0.119. The Morgan fingerprint density at radius 2 is 2.11 bits per heavy atom. The Morgan fingerprint density at radius 3 is 2.58 bits per heavy atom. The summed E-state index contributed by atoms with van der Waals surface area (Å²) in [5.41, 5.74) is 0.821. The molecule has 0 aliphatic carbocycles. The van der Waals surface area contributed by atoms with Crippen molar-refractivity contribution in [2.75, 3.05) is 0 Å². The van der Waals surface area contributed by atoms with Crippen LogP contribution in [0.3, 0.4) is 0 Å². The summed E-state index contributed by atoms with van der Waals surface area (Å²) < 4.78 is 14.8. The van der Waals surface area contributed by atoms with E-state index in [4.69, 9.17) is 5.26 Å². The van der Waals surface area contributed by atoms with Crippen LogP contribution in [0.25, 0.3) is 0 Å². The molecule has 0 saturated carbocycles. The van der Waals surface area contributed by atoms with Crippen LogP contribution in [0, 0.1) is 17.1 Å². The fourth-order valence-corrected chi connectivity index (χ4v) is 2.17. The molecule has 0 N–H and O–H groups in total. The lowest BCUT2D eigenvalue weighted by Gasteiger charge is -2.14. The van der Waals surface area contributed by atoms with E-state index in [9.17, 15) is 9.18 Å². The maximum atomic E-state index is 12.9. The molecule has 6 heteroatoms. The third-order valence-corrected chi connectivity index (χ3v) is 3.21. The average Bonchev–Trinajstić information content (AvgIpc) is 2.72. The number of nitrogens with zero attached hydrogens (tertiary/aromatic N) is 3. The molecule has 19 heavy (non-hydrogen) atoms. The first-order chi connectivity index (χ1) is 9.02. The van der Waals surface area contributed by atoms with Crippen LogP contribution in [-0.2, 0) is 4.79 Å². The summed E-state index contributed by atoms with van der Waals surface area (Å²) in [6, 6.07) is 6.89. The minimum absolute atomic E-state index is 0.147. The molecule has 0 fully saturated rings. The fraction of sp³-hybridized carbons (Fsp3) is 0.154. The third kappa shape index (κ3) is 2.71. The molecule has 96 valence electrons. The van der Waals surface area contributed by atoms with Gasteiger partial charge < -0.3 is 0 Å². The summed E-state index contributed by atoms with van der Waals surface area (Å²) >= 11 is 3.20. The van der Waals surface area contributed by atoms with E-state index in [-0.39, 0.29) is 17.3 Å². The van der Waals surface area contributed by atoms with Gasteiger partial charge in [-0.1, -0.05) is 12.1 Å². The standard InChI is InChI=1S/C13H9BrFN3O/c1-8(19)13(9-2-4-10(15)5-3-9)18-7-11(14)12(6-16)17-18/h2-5,7,13H,1H3. The molecule has 1 heterocycles. The zero-order chi connectivity index (χ0) is 14.0. The number of hydrogen-bond acceptors (Lipinski definition) is 3. The maximum absolute atomic E-state index is 12.9. The quantitative estimate of drug-likeness (QED) is 0.873. The first-order valence-electron chi connectivity index (χ1n) is 5.43. The highest BCUT2D eigenvalue weighted by Crippen LogP contribution is 2.23. The molecular formula is C13H9BrFN3O. The zero-order valence-corrected chi connectivity index (χ0v) is 11.6. The maximum Gasteiger partial charge on any atom is 0.176 e. The number of rotatable bonds is 3. The third-order valence-electron chi connectivity index (χ3n) is 2.63. The highest BCUT2D eigenvalue weighted by Gasteiger charge is 2.21. The van der Waals surface area contributed by atoms with Crippen LogP contribution in [0.2, 0.25) is 0 Å². The predicted molar refractivity (Wildman–Crippen MR) is 69.9 cm³/mol. The van der Waals surface area contributed by atoms with Crippen LogP contribution in [0.4, 0.5) is 4.39 Å². The van der Waals surface area contributed by atoms with E-state index in [0.717, 1.165) is 0 Å². The van der Waals surface area contributed by atoms with Crippen molar-refractivity contribution < 1.29 is 9.18 Å². The van der Waals surface area contributed by atoms with Gasteiger partial charge in [0.2, 0.25) is 0 Å². The highest BCUT2D eigenvalue weighted by molar-refractivity contribution is 9.10. The summed E-state index contributed by atoms with van der Waals surface area (Å²) in [7, 11) is 0. The molecule has 0 bridgehead atoms. The van der Waals surface area contributed by atoms with Crippen molar-refractivity contribution in [3.05, 3.63) is 52.0 Å². The molecule has 0 aliphatic rings. The van der Waals surface area contributed by atoms with E-state index in [1.54, 1.807) is 6.20 Å². The molecule has 1 aromatic carbocycles. The highest BCUT2D eigenvalue weighted by atomic mass is 79.9. The van der Waals surface area contributed by atoms with Crippen LogP contribution in [0.1, 0.15) is 24.2 Å². The summed E-state index contributed by atoms with van der Waals surface area (Å²) in [5.74, 6) is -0.517. The van der Waals surface area contributed by atoms with Crippen molar-refractivity contribution in [1.29, 1.82) is 5.26 Å². The number of halogens is 2. The SMILES string of the molecule is CC(=O)C(c1ccc(F)cc1)n1cc(Br)c(C#N)n1. The van der Waals surface area contributed by atoms with E-state index in [2.05, 4.69) is 21.0 Å². The van der Waals surface area contributed by atoms with Gasteiger partial charge in [0, 0.05) is 6.20 Å². The van der Waals surface area contributed by atoms with Crippen molar-refractivity contribution in [1.82, 2.24) is 9.78 Å². The van der Waals surface area contributed by atoms with Gasteiger partial charge in [-0.15, -0.1) is 0 Å². The molecule has 1 unspecified atom stereocenters. The Hall–Kier alpha value is -2.00. The number of carbonyl (C=O) groups excluding carboxylic acids is 1. The topological polar surface area (TPSA) is 58.7 Å². The first kappa shape index (κ1) is 13.4. The molecule has 2 rings (SSSR count). The van der Waals surface area contributed by atoms with Crippen molar-refractivity contribution in [2.45, 2.75) is 13.0 Å². The molecule has 0 aliphatic heterocycles. The van der Waals surface area contributed by atoms with Gasteiger partial charge >= 0.3 is 0 Å². The Kier molecular flexibility index (Phi) is 3.76. The monoisotopic (exact) mass is 321 g/mol. The van der Waals surface area contributed by atoms with Crippen LogP contribution >= 0.6 is 15.9 Å². The lowest BCUT2D eigenvalue weighted by Crippen LogP contribution is -2.19. The summed E-state index contributed by atoms with van der Waals surface area (Å²) in [6.45, 7) is 1.43. The second-order valence-electron chi connectivity index (χ2n) is 3.98. The van der Waals surface area contributed by atoms with Crippen LogP contribution in [0.15, 0.2) is 34.9 Å². The van der Waals surface area contributed by atoms with Crippen LogP contribution < -0.4 is 0 Å². The van der Waals surface area contributed by atoms with Crippen molar-refractivity contribution >= 4 is 21.7 Å². The number of aromatic nitrogens is 2. The summed E-state index contributed by atoms with van der Waals surface area (Å²) in [5, 5.41) is 12.9. The van der Waals surface area contributed by atoms with E-state index in [1.165, 1.54) is 35.9 Å². The van der Waals surface area contributed by atoms with Gasteiger partial charge in [-0.2, -0.15) is 10.4 Å². The van der Waals surface area contributed by atoms with Gasteiger partial charge in [-0.3, -0.25) is 9.48 Å². The van der Waals surface area contributed by atoms with Crippen molar-refractivity contribution in [2.24, 2.45) is 0 Å². The van der Waals surface area contributed by atoms with Gasteiger partial charge in [0.25, 0.3) is 0 Å². The first-order valence-corrected chi connectivity index (χ1v) is 6.23. The smallest absolute Gasteiger partial charge is 0.176 e. The summed E-state index contributed by atoms with van der Waals surface area (Å²) in [6.07, 6.45) is 1.56. The Balaban J connectivity index is 2.49. The number of carbonyl (C=O) groups is 1. The minimum atomic E-state index is -0.668. The molecular weight excluding hydrogens is 313 g/mol. The number of benzene rings is 1. The van der Waals surface area contributed by atoms with Gasteiger partial charge in [-0.05, 0) is 40.5 Å². The zero-order valence-electron chi connectivity index (χ0n) is 9.97. The Morgan fingerprint density at radius 1 is 1.47 bits per heavy atom. The van der Waals surface area contributed by atoms with E-state index in [0.29, 0.717) is 10.0 Å². The number of ketones is 1. The number of nitriles is 1. The van der Waals surface area contributed by atoms with Gasteiger partial charge in [-0.25, -0.2) is 4.39 Å². The summed E-state index contributed by atoms with van der Waals surface area (Å²) in [4.78, 5) is 11.8. The fourth-order valence-electron chi connectivity index (χ4n) is 1.80. The molecule has 1 aromatic heterocycles. The second kappa shape index (κ2) is 5.33. The molecule has 4 nitrogen and oxygen atoms in total. The number of hydrogen-bond donors (Lipinski definition) is 0. The molecule has 0 amide bonds. The van der Waals surface area contributed by atoms with Crippen LogP contribution in [0.5, 0.6) is 0 Å². The largest absolute Gasteiger partial charge is 0.297 e. The normalized spacial score (nSPS) is 11.9. The average molecular weight is 322 g/mol. The van der Waals surface area contributed by atoms with Crippen molar-refractivity contribution in [3.8, 4) is 6.07 Å². The molecule has 0 radical (unpaired) electrons. The molecule has 1 atom stereocenters. The predicted octanol–water partition coefficient (Wildman–Crippen LogP) is 2.83. The minimum Gasteiger partial charge on any atom is -0.297 e. The van der Waals surface area contributed by atoms with Gasteiger partial charge in [0.05, 0.1) is 4.47 Å². The van der Waals surface area contributed by atoms with Gasteiger partial charge in [0.15, 0.2) is 11.5 Å². The Labute approximate surface area is 117 Å². The molecule has 0 spiro atoms. The lowest BCUT2D eigenvalue weighted by atomic mass is 10.0. The van der Waals surface area contributed by atoms with Crippen LogP contribution in [-0.4, -0.2) is 15.6 Å². The van der Waals surface area contributed by atoms with E-state index < -0.39 is 6.04 Å².